The van der Waals surface area contributed by atoms with E-state index in [0.717, 1.165) is 26.5 Å². The average molecular weight is 259 g/mol. The van der Waals surface area contributed by atoms with Gasteiger partial charge in [0, 0.05) is 17.5 Å². The first-order valence-electron chi connectivity index (χ1n) is 5.76. The highest BCUT2D eigenvalue weighted by molar-refractivity contribution is 7.18. The largest absolute Gasteiger partial charge is 0.368 e. The van der Waals surface area contributed by atoms with Gasteiger partial charge in [-0.05, 0) is 12.1 Å². The summed E-state index contributed by atoms with van der Waals surface area (Å²) in [6, 6.07) is 7.81. The van der Waals surface area contributed by atoms with Gasteiger partial charge < -0.3 is 10.3 Å². The van der Waals surface area contributed by atoms with Crippen LogP contribution in [-0.2, 0) is 0 Å². The lowest BCUT2D eigenvalue weighted by Gasteiger charge is -1.94. The number of hydrogen-bond donors (Lipinski definition) is 1. The highest BCUT2D eigenvalue weighted by Gasteiger charge is 2.10. The standard InChI is InChI=1S/C13H13N3OS/c1-7(2)13-15-9-4-3-8(5-11(9)18-13)10-6-12(14)17-16-10/h3-7H,14H2,1-2H3. The maximum Gasteiger partial charge on any atom is 0.222 e. The lowest BCUT2D eigenvalue weighted by atomic mass is 10.1. The molecule has 5 heteroatoms. The van der Waals surface area contributed by atoms with Crippen LogP contribution in [0.1, 0.15) is 24.8 Å². The van der Waals surface area contributed by atoms with Crippen molar-refractivity contribution in [2.75, 3.05) is 5.73 Å². The number of nitrogen functional groups attached to an aromatic ring is 1. The van der Waals surface area contributed by atoms with Crippen LogP contribution in [0, 0.1) is 0 Å². The average Bonchev–Trinajstić information content (AvgIpc) is 2.93. The van der Waals surface area contributed by atoms with Crippen LogP contribution in [0.25, 0.3) is 21.5 Å². The summed E-state index contributed by atoms with van der Waals surface area (Å²) in [4.78, 5) is 4.60. The van der Waals surface area contributed by atoms with E-state index in [2.05, 4.69) is 30.1 Å². The van der Waals surface area contributed by atoms with Gasteiger partial charge >= 0.3 is 0 Å². The molecule has 4 nitrogen and oxygen atoms in total. The maximum absolute atomic E-state index is 5.53. The molecule has 0 amide bonds. The Bertz CT molecular complexity index is 699. The van der Waals surface area contributed by atoms with Crippen LogP contribution in [0.15, 0.2) is 28.8 Å². The molecule has 3 rings (SSSR count). The summed E-state index contributed by atoms with van der Waals surface area (Å²) in [6.07, 6.45) is 0. The van der Waals surface area contributed by atoms with Gasteiger partial charge in [-0.3, -0.25) is 0 Å². The van der Waals surface area contributed by atoms with E-state index in [-0.39, 0.29) is 0 Å². The quantitative estimate of drug-likeness (QED) is 0.762. The van der Waals surface area contributed by atoms with Gasteiger partial charge in [-0.1, -0.05) is 25.1 Å². The SMILES string of the molecule is CC(C)c1nc2ccc(-c3cc(N)on3)cc2s1. The van der Waals surface area contributed by atoms with Crippen molar-refractivity contribution in [1.29, 1.82) is 0 Å². The minimum Gasteiger partial charge on any atom is -0.368 e. The molecule has 0 radical (unpaired) electrons. The molecule has 0 atom stereocenters. The number of hydrogen-bond acceptors (Lipinski definition) is 5. The zero-order chi connectivity index (χ0) is 12.7. The van der Waals surface area contributed by atoms with Crippen LogP contribution in [0.3, 0.4) is 0 Å². The predicted molar refractivity (Wildman–Crippen MR) is 73.6 cm³/mol. The summed E-state index contributed by atoms with van der Waals surface area (Å²) in [7, 11) is 0. The molecule has 0 spiro atoms. The van der Waals surface area contributed by atoms with E-state index in [0.29, 0.717) is 11.8 Å². The molecule has 0 aliphatic rings. The second-order valence-electron chi connectivity index (χ2n) is 4.50. The fourth-order valence-electron chi connectivity index (χ4n) is 1.77. The molecular weight excluding hydrogens is 246 g/mol. The van der Waals surface area contributed by atoms with Crippen LogP contribution < -0.4 is 5.73 Å². The van der Waals surface area contributed by atoms with Gasteiger partial charge in [0.15, 0.2) is 0 Å². The van der Waals surface area contributed by atoms with E-state index in [1.54, 1.807) is 17.4 Å². The predicted octanol–water partition coefficient (Wildman–Crippen LogP) is 3.66. The molecule has 92 valence electrons. The molecule has 3 aromatic rings. The second kappa shape index (κ2) is 4.10. The Kier molecular flexibility index (Phi) is 2.56. The Morgan fingerprint density at radius 3 is 2.78 bits per heavy atom. The summed E-state index contributed by atoms with van der Waals surface area (Å²) in [5, 5.41) is 5.07. The molecule has 1 aromatic carbocycles. The van der Waals surface area contributed by atoms with Crippen LogP contribution in [0.5, 0.6) is 0 Å². The van der Waals surface area contributed by atoms with Gasteiger partial charge in [-0.25, -0.2) is 4.98 Å². The lowest BCUT2D eigenvalue weighted by molar-refractivity contribution is 0.439. The minimum atomic E-state index is 0.331. The summed E-state index contributed by atoms with van der Waals surface area (Å²) in [6.45, 7) is 4.30. The molecule has 2 heterocycles. The number of fused-ring (bicyclic) bond motifs is 1. The molecule has 0 bridgehead atoms. The molecule has 2 aromatic heterocycles. The van der Waals surface area contributed by atoms with E-state index in [1.165, 1.54) is 0 Å². The Labute approximate surface area is 108 Å². The third-order valence-electron chi connectivity index (χ3n) is 2.72. The number of nitrogens with zero attached hydrogens (tertiary/aromatic N) is 2. The highest BCUT2D eigenvalue weighted by atomic mass is 32.1. The number of nitrogens with two attached hydrogens (primary N) is 1. The Morgan fingerprint density at radius 2 is 2.11 bits per heavy atom. The van der Waals surface area contributed by atoms with Crippen molar-refractivity contribution in [2.45, 2.75) is 19.8 Å². The second-order valence-corrected chi connectivity index (χ2v) is 5.57. The van der Waals surface area contributed by atoms with Crippen molar-refractivity contribution in [2.24, 2.45) is 0 Å². The van der Waals surface area contributed by atoms with Gasteiger partial charge in [0.25, 0.3) is 0 Å². The normalized spacial score (nSPS) is 11.5. The number of rotatable bonds is 2. The van der Waals surface area contributed by atoms with E-state index in [4.69, 9.17) is 10.3 Å². The van der Waals surface area contributed by atoms with Crippen molar-refractivity contribution >= 4 is 27.4 Å². The molecular formula is C13H13N3OS. The highest BCUT2D eigenvalue weighted by Crippen LogP contribution is 2.31. The molecule has 0 aliphatic heterocycles. The Morgan fingerprint density at radius 1 is 1.28 bits per heavy atom. The van der Waals surface area contributed by atoms with E-state index >= 15 is 0 Å². The van der Waals surface area contributed by atoms with Crippen molar-refractivity contribution in [3.63, 3.8) is 0 Å². The number of aromatic nitrogens is 2. The zero-order valence-corrected chi connectivity index (χ0v) is 11.0. The van der Waals surface area contributed by atoms with Gasteiger partial charge in [0.05, 0.1) is 15.2 Å². The molecule has 2 N–H and O–H groups in total. The van der Waals surface area contributed by atoms with Gasteiger partial charge in [0.2, 0.25) is 5.88 Å². The first-order chi connectivity index (χ1) is 8.63. The van der Waals surface area contributed by atoms with Crippen molar-refractivity contribution in [3.05, 3.63) is 29.3 Å². The van der Waals surface area contributed by atoms with E-state index < -0.39 is 0 Å². The van der Waals surface area contributed by atoms with Gasteiger partial charge in [0.1, 0.15) is 5.69 Å². The summed E-state index contributed by atoms with van der Waals surface area (Å²) < 4.78 is 6.05. The smallest absolute Gasteiger partial charge is 0.222 e. The molecule has 0 unspecified atom stereocenters. The van der Waals surface area contributed by atoms with E-state index in [9.17, 15) is 0 Å². The Balaban J connectivity index is 2.10. The van der Waals surface area contributed by atoms with Crippen LogP contribution >= 0.6 is 11.3 Å². The third-order valence-corrected chi connectivity index (χ3v) is 4.04. The topological polar surface area (TPSA) is 64.9 Å². The van der Waals surface area contributed by atoms with Crippen LogP contribution in [-0.4, -0.2) is 10.1 Å². The fourth-order valence-corrected chi connectivity index (χ4v) is 2.78. The monoisotopic (exact) mass is 259 g/mol. The molecule has 0 fully saturated rings. The fraction of sp³-hybridized carbons (Fsp3) is 0.231. The summed E-state index contributed by atoms with van der Waals surface area (Å²) in [5.41, 5.74) is 8.32. The van der Waals surface area contributed by atoms with Gasteiger partial charge in [-0.2, -0.15) is 0 Å². The van der Waals surface area contributed by atoms with Crippen LogP contribution in [0.2, 0.25) is 0 Å². The van der Waals surface area contributed by atoms with Gasteiger partial charge in [-0.15, -0.1) is 11.3 Å². The number of anilines is 1. The third kappa shape index (κ3) is 1.86. The summed E-state index contributed by atoms with van der Waals surface area (Å²) in [5.74, 6) is 0.783. The first kappa shape index (κ1) is 11.2. The lowest BCUT2D eigenvalue weighted by Crippen LogP contribution is -1.82. The molecule has 0 aliphatic carbocycles. The number of benzene rings is 1. The van der Waals surface area contributed by atoms with Crippen molar-refractivity contribution < 1.29 is 4.52 Å². The van der Waals surface area contributed by atoms with E-state index in [1.807, 2.05) is 12.1 Å². The molecule has 18 heavy (non-hydrogen) atoms. The maximum atomic E-state index is 5.53. The molecule has 0 saturated carbocycles. The summed E-state index contributed by atoms with van der Waals surface area (Å²) >= 11 is 1.72. The first-order valence-corrected chi connectivity index (χ1v) is 6.58. The van der Waals surface area contributed by atoms with Crippen molar-refractivity contribution in [1.82, 2.24) is 10.1 Å². The molecule has 0 saturated heterocycles. The Hall–Kier alpha value is -1.88. The minimum absolute atomic E-state index is 0.331. The van der Waals surface area contributed by atoms with Crippen LogP contribution in [0.4, 0.5) is 5.88 Å². The zero-order valence-electron chi connectivity index (χ0n) is 10.2. The number of thiazole rings is 1. The van der Waals surface area contributed by atoms with Crippen molar-refractivity contribution in [3.8, 4) is 11.3 Å².